The Morgan fingerprint density at radius 3 is 2.89 bits per heavy atom. The van der Waals surface area contributed by atoms with Gasteiger partial charge in [0.15, 0.2) is 0 Å². The summed E-state index contributed by atoms with van der Waals surface area (Å²) in [6.45, 7) is 4.47. The van der Waals surface area contributed by atoms with Gasteiger partial charge in [0, 0.05) is 19.3 Å². The number of rotatable bonds is 4. The molecule has 0 aromatic carbocycles. The minimum atomic E-state index is -0.0222. The minimum Gasteiger partial charge on any atom is -0.372 e. The molecule has 0 bridgehead atoms. The Labute approximate surface area is 115 Å². The van der Waals surface area contributed by atoms with E-state index in [4.69, 9.17) is 0 Å². The lowest BCUT2D eigenvalue weighted by Crippen LogP contribution is -2.37. The number of carbonyl (C=O) groups excluding carboxylic acids is 1. The molecule has 2 rings (SSSR count). The minimum absolute atomic E-state index is 0.0222. The Hall–Kier alpha value is -1.58. The Kier molecular flexibility index (Phi) is 4.40. The molecule has 19 heavy (non-hydrogen) atoms. The van der Waals surface area contributed by atoms with Crippen molar-refractivity contribution in [3.05, 3.63) is 23.9 Å². The molecule has 1 fully saturated rings. The monoisotopic (exact) mass is 261 g/mol. The van der Waals surface area contributed by atoms with E-state index in [1.807, 2.05) is 6.07 Å². The van der Waals surface area contributed by atoms with E-state index < -0.39 is 0 Å². The summed E-state index contributed by atoms with van der Waals surface area (Å²) in [7, 11) is 1.78. The fraction of sp³-hybridized carbons (Fsp3) is 0.600. The third-order valence-corrected chi connectivity index (χ3v) is 4.36. The summed E-state index contributed by atoms with van der Waals surface area (Å²) >= 11 is 0. The summed E-state index contributed by atoms with van der Waals surface area (Å²) in [6, 6.07) is 3.90. The van der Waals surface area contributed by atoms with Crippen molar-refractivity contribution < 1.29 is 4.79 Å². The van der Waals surface area contributed by atoms with Crippen LogP contribution in [0.25, 0.3) is 0 Å². The van der Waals surface area contributed by atoms with Crippen molar-refractivity contribution >= 4 is 11.7 Å². The normalized spacial score (nSPS) is 26.2. The lowest BCUT2D eigenvalue weighted by atomic mass is 9.93. The zero-order valence-electron chi connectivity index (χ0n) is 11.9. The summed E-state index contributed by atoms with van der Waals surface area (Å²) in [5, 5.41) is 6.13. The molecule has 0 spiro atoms. The molecule has 4 heteroatoms. The average Bonchev–Trinajstić information content (AvgIpc) is 2.79. The molecular weight excluding hydrogens is 238 g/mol. The number of aromatic nitrogens is 1. The lowest BCUT2D eigenvalue weighted by Gasteiger charge is -2.21. The summed E-state index contributed by atoms with van der Waals surface area (Å²) < 4.78 is 0. The molecule has 1 aromatic heterocycles. The van der Waals surface area contributed by atoms with Gasteiger partial charge >= 0.3 is 0 Å². The topological polar surface area (TPSA) is 54.0 Å². The van der Waals surface area contributed by atoms with E-state index in [0.717, 1.165) is 12.3 Å². The number of hydrogen-bond donors (Lipinski definition) is 2. The largest absolute Gasteiger partial charge is 0.372 e. The maximum Gasteiger partial charge on any atom is 0.255 e. The zero-order chi connectivity index (χ0) is 13.8. The first kappa shape index (κ1) is 13.8. The van der Waals surface area contributed by atoms with Gasteiger partial charge in [-0.25, -0.2) is 4.98 Å². The van der Waals surface area contributed by atoms with Gasteiger partial charge in [-0.05, 0) is 36.8 Å². The molecule has 104 valence electrons. The summed E-state index contributed by atoms with van der Waals surface area (Å²) in [5.41, 5.74) is 0.622. The fourth-order valence-corrected chi connectivity index (χ4v) is 3.06. The maximum absolute atomic E-state index is 12.3. The van der Waals surface area contributed by atoms with Crippen LogP contribution in [0.3, 0.4) is 0 Å². The van der Waals surface area contributed by atoms with Crippen LogP contribution in [0.15, 0.2) is 18.3 Å². The van der Waals surface area contributed by atoms with E-state index in [2.05, 4.69) is 29.5 Å². The number of nitrogens with one attached hydrogen (secondary N) is 2. The highest BCUT2D eigenvalue weighted by Crippen LogP contribution is 2.34. The summed E-state index contributed by atoms with van der Waals surface area (Å²) in [6.07, 6.45) is 5.19. The Morgan fingerprint density at radius 1 is 1.47 bits per heavy atom. The van der Waals surface area contributed by atoms with Crippen LogP contribution in [0.1, 0.15) is 43.5 Å². The molecule has 1 aromatic rings. The van der Waals surface area contributed by atoms with Crippen molar-refractivity contribution in [3.8, 4) is 0 Å². The van der Waals surface area contributed by atoms with Crippen LogP contribution in [0, 0.1) is 11.8 Å². The van der Waals surface area contributed by atoms with Gasteiger partial charge in [-0.15, -0.1) is 0 Å². The van der Waals surface area contributed by atoms with E-state index >= 15 is 0 Å². The van der Waals surface area contributed by atoms with E-state index in [9.17, 15) is 4.79 Å². The van der Waals surface area contributed by atoms with Crippen LogP contribution >= 0.6 is 0 Å². The first-order chi connectivity index (χ1) is 9.17. The highest BCUT2D eigenvalue weighted by Gasteiger charge is 2.32. The molecule has 1 aliphatic rings. The Morgan fingerprint density at radius 2 is 2.26 bits per heavy atom. The van der Waals surface area contributed by atoms with Crippen LogP contribution in [0.5, 0.6) is 0 Å². The maximum atomic E-state index is 12.3. The van der Waals surface area contributed by atoms with Crippen molar-refractivity contribution in [2.24, 2.45) is 11.8 Å². The highest BCUT2D eigenvalue weighted by molar-refractivity contribution is 5.98. The third kappa shape index (κ3) is 2.88. The highest BCUT2D eigenvalue weighted by atomic mass is 16.1. The second-order valence-electron chi connectivity index (χ2n) is 5.33. The number of hydrogen-bond acceptors (Lipinski definition) is 3. The predicted molar refractivity (Wildman–Crippen MR) is 77.2 cm³/mol. The van der Waals surface area contributed by atoms with Gasteiger partial charge in [-0.2, -0.15) is 0 Å². The molecule has 1 amide bonds. The number of carbonyl (C=O) groups is 1. The first-order valence-corrected chi connectivity index (χ1v) is 7.11. The van der Waals surface area contributed by atoms with Crippen LogP contribution in [-0.2, 0) is 0 Å². The molecular formula is C15H23N3O. The lowest BCUT2D eigenvalue weighted by molar-refractivity contribution is 0.0927. The van der Waals surface area contributed by atoms with E-state index in [1.54, 1.807) is 19.3 Å². The SMILES string of the molecule is CCC1CCC(NC(=O)c2cccnc2NC)C1C. The smallest absolute Gasteiger partial charge is 0.255 e. The van der Waals surface area contributed by atoms with E-state index in [1.165, 1.54) is 12.8 Å². The molecule has 4 nitrogen and oxygen atoms in total. The van der Waals surface area contributed by atoms with Gasteiger partial charge in [0.05, 0.1) is 5.56 Å². The van der Waals surface area contributed by atoms with Crippen LogP contribution < -0.4 is 10.6 Å². The molecule has 1 saturated carbocycles. The van der Waals surface area contributed by atoms with Gasteiger partial charge in [0.1, 0.15) is 5.82 Å². The van der Waals surface area contributed by atoms with Crippen molar-refractivity contribution in [1.82, 2.24) is 10.3 Å². The number of pyridine rings is 1. The van der Waals surface area contributed by atoms with E-state index in [0.29, 0.717) is 23.3 Å². The van der Waals surface area contributed by atoms with E-state index in [-0.39, 0.29) is 5.91 Å². The Balaban J connectivity index is 2.05. The number of anilines is 1. The second kappa shape index (κ2) is 6.04. The predicted octanol–water partition coefficient (Wildman–Crippen LogP) is 2.68. The first-order valence-electron chi connectivity index (χ1n) is 7.11. The van der Waals surface area contributed by atoms with Crippen LogP contribution in [-0.4, -0.2) is 24.0 Å². The molecule has 0 saturated heterocycles. The average molecular weight is 261 g/mol. The van der Waals surface area contributed by atoms with Crippen molar-refractivity contribution in [3.63, 3.8) is 0 Å². The zero-order valence-corrected chi connectivity index (χ0v) is 11.9. The van der Waals surface area contributed by atoms with Gasteiger partial charge < -0.3 is 10.6 Å². The second-order valence-corrected chi connectivity index (χ2v) is 5.33. The molecule has 1 heterocycles. The number of nitrogens with zero attached hydrogens (tertiary/aromatic N) is 1. The quantitative estimate of drug-likeness (QED) is 0.876. The van der Waals surface area contributed by atoms with Crippen molar-refractivity contribution in [2.75, 3.05) is 12.4 Å². The molecule has 1 aliphatic carbocycles. The third-order valence-electron chi connectivity index (χ3n) is 4.36. The summed E-state index contributed by atoms with van der Waals surface area (Å²) in [4.78, 5) is 16.5. The molecule has 3 unspecified atom stereocenters. The number of amides is 1. The standard InChI is InChI=1S/C15H23N3O/c1-4-11-7-8-13(10(11)2)18-15(19)12-6-5-9-17-14(12)16-3/h5-6,9-11,13H,4,7-8H2,1-3H3,(H,16,17)(H,18,19). The van der Waals surface area contributed by atoms with Gasteiger partial charge in [0.2, 0.25) is 0 Å². The van der Waals surface area contributed by atoms with Gasteiger partial charge in [-0.1, -0.05) is 20.3 Å². The van der Waals surface area contributed by atoms with Gasteiger partial charge in [-0.3, -0.25) is 4.79 Å². The van der Waals surface area contributed by atoms with Crippen molar-refractivity contribution in [1.29, 1.82) is 0 Å². The summed E-state index contributed by atoms with van der Waals surface area (Å²) in [5.74, 6) is 1.91. The van der Waals surface area contributed by atoms with Crippen LogP contribution in [0.4, 0.5) is 5.82 Å². The van der Waals surface area contributed by atoms with Crippen molar-refractivity contribution in [2.45, 2.75) is 39.2 Å². The van der Waals surface area contributed by atoms with Gasteiger partial charge in [0.25, 0.3) is 5.91 Å². The Bertz CT molecular complexity index is 447. The molecule has 3 atom stereocenters. The van der Waals surface area contributed by atoms with Crippen LogP contribution in [0.2, 0.25) is 0 Å². The molecule has 0 aliphatic heterocycles. The molecule has 2 N–H and O–H groups in total. The molecule has 0 radical (unpaired) electrons. The fourth-order valence-electron chi connectivity index (χ4n) is 3.06.